The summed E-state index contributed by atoms with van der Waals surface area (Å²) < 4.78 is 0. The first-order valence-corrected chi connectivity index (χ1v) is 8.47. The number of aliphatic imine (C=N–C) groups is 1. The number of hydrogen-bond acceptors (Lipinski definition) is 2. The van der Waals surface area contributed by atoms with E-state index in [0.717, 1.165) is 25.6 Å². The molecule has 0 amide bonds. The third kappa shape index (κ3) is 5.02. The van der Waals surface area contributed by atoms with Gasteiger partial charge in [-0.2, -0.15) is 0 Å². The predicted octanol–water partition coefficient (Wildman–Crippen LogP) is 2.53. The molecule has 1 aliphatic heterocycles. The van der Waals surface area contributed by atoms with Crippen molar-refractivity contribution < 1.29 is 0 Å². The molecule has 0 spiro atoms. The minimum Gasteiger partial charge on any atom is -0.355 e. The zero-order valence-corrected chi connectivity index (χ0v) is 14.2. The summed E-state index contributed by atoms with van der Waals surface area (Å²) >= 11 is 0. The molecule has 2 N–H and O–H groups in total. The molecule has 0 aromatic heterocycles. The van der Waals surface area contributed by atoms with Gasteiger partial charge in [0.1, 0.15) is 0 Å². The number of rotatable bonds is 5. The van der Waals surface area contributed by atoms with Crippen LogP contribution in [-0.2, 0) is 6.54 Å². The molecule has 0 saturated carbocycles. The SMILES string of the molecule is CCN1CCCCC1CNC(=NC)NCc1cccc(C)c1. The first kappa shape index (κ1) is 16.8. The Balaban J connectivity index is 1.79. The van der Waals surface area contributed by atoms with E-state index in [4.69, 9.17) is 0 Å². The Morgan fingerprint density at radius 2 is 2.18 bits per heavy atom. The van der Waals surface area contributed by atoms with Crippen molar-refractivity contribution in [2.75, 3.05) is 26.7 Å². The van der Waals surface area contributed by atoms with Crippen LogP contribution in [-0.4, -0.2) is 43.6 Å². The Labute approximate surface area is 135 Å². The van der Waals surface area contributed by atoms with Crippen LogP contribution in [0.5, 0.6) is 0 Å². The van der Waals surface area contributed by atoms with Crippen LogP contribution in [0.1, 0.15) is 37.3 Å². The summed E-state index contributed by atoms with van der Waals surface area (Å²) in [6, 6.07) is 9.21. The van der Waals surface area contributed by atoms with E-state index < -0.39 is 0 Å². The lowest BCUT2D eigenvalue weighted by Gasteiger charge is -2.35. The molecule has 0 radical (unpaired) electrons. The molecule has 22 heavy (non-hydrogen) atoms. The average Bonchev–Trinajstić information content (AvgIpc) is 2.55. The van der Waals surface area contributed by atoms with E-state index >= 15 is 0 Å². The van der Waals surface area contributed by atoms with E-state index in [1.165, 1.54) is 36.9 Å². The van der Waals surface area contributed by atoms with Crippen molar-refractivity contribution in [1.29, 1.82) is 0 Å². The second-order valence-electron chi connectivity index (χ2n) is 6.07. The van der Waals surface area contributed by atoms with Crippen LogP contribution in [0.15, 0.2) is 29.3 Å². The Kier molecular flexibility index (Phi) is 6.72. The van der Waals surface area contributed by atoms with Gasteiger partial charge in [-0.1, -0.05) is 43.2 Å². The molecule has 0 aliphatic carbocycles. The molecule has 1 heterocycles. The molecule has 1 aromatic carbocycles. The predicted molar refractivity (Wildman–Crippen MR) is 94.3 cm³/mol. The molecule has 1 fully saturated rings. The van der Waals surface area contributed by atoms with Crippen LogP contribution >= 0.6 is 0 Å². The summed E-state index contributed by atoms with van der Waals surface area (Å²) in [5.41, 5.74) is 2.58. The van der Waals surface area contributed by atoms with Crippen LogP contribution in [0.3, 0.4) is 0 Å². The summed E-state index contributed by atoms with van der Waals surface area (Å²) in [5, 5.41) is 6.89. The smallest absolute Gasteiger partial charge is 0.191 e. The standard InChI is InChI=1S/C18H30N4/c1-4-22-11-6-5-10-17(22)14-21-18(19-3)20-13-16-9-7-8-15(2)12-16/h7-9,12,17H,4-6,10-11,13-14H2,1-3H3,(H2,19,20,21). The van der Waals surface area contributed by atoms with Gasteiger partial charge in [0.25, 0.3) is 0 Å². The van der Waals surface area contributed by atoms with Gasteiger partial charge in [0.15, 0.2) is 5.96 Å². The van der Waals surface area contributed by atoms with Gasteiger partial charge in [-0.15, -0.1) is 0 Å². The molecule has 1 aromatic rings. The van der Waals surface area contributed by atoms with Crippen LogP contribution in [0, 0.1) is 6.92 Å². The Bertz CT molecular complexity index is 484. The second kappa shape index (κ2) is 8.79. The first-order chi connectivity index (χ1) is 10.7. The maximum Gasteiger partial charge on any atom is 0.191 e. The van der Waals surface area contributed by atoms with Gasteiger partial charge >= 0.3 is 0 Å². The number of piperidine rings is 1. The van der Waals surface area contributed by atoms with Crippen molar-refractivity contribution in [2.45, 2.75) is 45.7 Å². The third-order valence-electron chi connectivity index (χ3n) is 4.43. The van der Waals surface area contributed by atoms with Crippen molar-refractivity contribution >= 4 is 5.96 Å². The first-order valence-electron chi connectivity index (χ1n) is 8.47. The monoisotopic (exact) mass is 302 g/mol. The van der Waals surface area contributed by atoms with Gasteiger partial charge in [-0.3, -0.25) is 9.89 Å². The highest BCUT2D eigenvalue weighted by molar-refractivity contribution is 5.79. The normalized spacial score (nSPS) is 20.0. The topological polar surface area (TPSA) is 39.7 Å². The lowest BCUT2D eigenvalue weighted by Crippen LogP contribution is -2.48. The van der Waals surface area contributed by atoms with Crippen LogP contribution in [0.25, 0.3) is 0 Å². The second-order valence-corrected chi connectivity index (χ2v) is 6.07. The largest absolute Gasteiger partial charge is 0.355 e. The van der Waals surface area contributed by atoms with E-state index in [1.807, 2.05) is 7.05 Å². The van der Waals surface area contributed by atoms with E-state index in [0.29, 0.717) is 6.04 Å². The maximum atomic E-state index is 4.34. The highest BCUT2D eigenvalue weighted by atomic mass is 15.2. The van der Waals surface area contributed by atoms with Gasteiger partial charge in [-0.05, 0) is 38.4 Å². The molecule has 1 unspecified atom stereocenters. The number of nitrogens with zero attached hydrogens (tertiary/aromatic N) is 2. The molecule has 1 aliphatic rings. The molecule has 122 valence electrons. The van der Waals surface area contributed by atoms with Crippen molar-refractivity contribution in [2.24, 2.45) is 4.99 Å². The summed E-state index contributed by atoms with van der Waals surface area (Å²) in [4.78, 5) is 6.91. The molecule has 1 saturated heterocycles. The summed E-state index contributed by atoms with van der Waals surface area (Å²) in [5.74, 6) is 0.892. The number of nitrogens with one attached hydrogen (secondary N) is 2. The van der Waals surface area contributed by atoms with Crippen molar-refractivity contribution in [3.63, 3.8) is 0 Å². The van der Waals surface area contributed by atoms with E-state index in [-0.39, 0.29) is 0 Å². The van der Waals surface area contributed by atoms with Gasteiger partial charge in [-0.25, -0.2) is 0 Å². The fraction of sp³-hybridized carbons (Fsp3) is 0.611. The lowest BCUT2D eigenvalue weighted by atomic mass is 10.0. The van der Waals surface area contributed by atoms with Gasteiger partial charge < -0.3 is 10.6 Å². The number of hydrogen-bond donors (Lipinski definition) is 2. The van der Waals surface area contributed by atoms with E-state index in [2.05, 4.69) is 58.6 Å². The van der Waals surface area contributed by atoms with Gasteiger partial charge in [0, 0.05) is 26.2 Å². The van der Waals surface area contributed by atoms with Crippen LogP contribution in [0.4, 0.5) is 0 Å². The summed E-state index contributed by atoms with van der Waals surface area (Å²) in [6.45, 7) is 8.53. The lowest BCUT2D eigenvalue weighted by molar-refractivity contribution is 0.157. The zero-order valence-electron chi connectivity index (χ0n) is 14.2. The molecule has 4 heteroatoms. The number of guanidine groups is 1. The fourth-order valence-corrected chi connectivity index (χ4v) is 3.15. The zero-order chi connectivity index (χ0) is 15.8. The molecular weight excluding hydrogens is 272 g/mol. The van der Waals surface area contributed by atoms with E-state index in [1.54, 1.807) is 0 Å². The highest BCUT2D eigenvalue weighted by Gasteiger charge is 2.20. The Hall–Kier alpha value is -1.55. The van der Waals surface area contributed by atoms with Gasteiger partial charge in [0.05, 0.1) is 0 Å². The highest BCUT2D eigenvalue weighted by Crippen LogP contribution is 2.15. The minimum atomic E-state index is 0.635. The van der Waals surface area contributed by atoms with Crippen molar-refractivity contribution in [3.05, 3.63) is 35.4 Å². The average molecular weight is 302 g/mol. The minimum absolute atomic E-state index is 0.635. The summed E-state index contributed by atoms with van der Waals surface area (Å²) in [7, 11) is 1.84. The number of likely N-dealkylation sites (N-methyl/N-ethyl adjacent to an activating group) is 1. The Morgan fingerprint density at radius 3 is 2.91 bits per heavy atom. The molecular formula is C18H30N4. The number of aryl methyl sites for hydroxylation is 1. The molecule has 1 atom stereocenters. The maximum absolute atomic E-state index is 4.34. The van der Waals surface area contributed by atoms with Crippen molar-refractivity contribution in [1.82, 2.24) is 15.5 Å². The summed E-state index contributed by atoms with van der Waals surface area (Å²) in [6.07, 6.45) is 3.97. The van der Waals surface area contributed by atoms with Crippen molar-refractivity contribution in [3.8, 4) is 0 Å². The van der Waals surface area contributed by atoms with Gasteiger partial charge in [0.2, 0.25) is 0 Å². The van der Waals surface area contributed by atoms with Crippen LogP contribution < -0.4 is 10.6 Å². The quantitative estimate of drug-likeness (QED) is 0.648. The number of likely N-dealkylation sites (tertiary alicyclic amines) is 1. The number of benzene rings is 1. The van der Waals surface area contributed by atoms with E-state index in [9.17, 15) is 0 Å². The fourth-order valence-electron chi connectivity index (χ4n) is 3.15. The molecule has 4 nitrogen and oxygen atoms in total. The third-order valence-corrected chi connectivity index (χ3v) is 4.43. The van der Waals surface area contributed by atoms with Crippen LogP contribution in [0.2, 0.25) is 0 Å². The Morgan fingerprint density at radius 1 is 1.32 bits per heavy atom. The molecule has 2 rings (SSSR count). The molecule has 0 bridgehead atoms.